The highest BCUT2D eigenvalue weighted by Crippen LogP contribution is 2.52. The largest absolute Gasteiger partial charge is 0.498 e. The maximum Gasteiger partial charge on any atom is 0.498 e. The van der Waals surface area contributed by atoms with E-state index in [0.29, 0.717) is 24.0 Å². The molecule has 556 valence electrons. The fraction of sp³-hybridized carbons (Fsp3) is 0.620. The highest BCUT2D eigenvalue weighted by Gasteiger charge is 2.52. The summed E-state index contributed by atoms with van der Waals surface area (Å²) in [6.07, 6.45) is 25.1. The molecule has 7 heterocycles. The third-order valence-electron chi connectivity index (χ3n) is 18.8. The Bertz CT molecular complexity index is 3960. The third kappa shape index (κ3) is 21.6. The van der Waals surface area contributed by atoms with Crippen LogP contribution in [-0.2, 0) is 68.5 Å². The molecule has 3 unspecified atom stereocenters. The van der Waals surface area contributed by atoms with Crippen LogP contribution in [0.5, 0.6) is 0 Å². The van der Waals surface area contributed by atoms with Gasteiger partial charge in [0.15, 0.2) is 18.3 Å². The molecule has 1 saturated heterocycles. The van der Waals surface area contributed by atoms with E-state index < -0.39 is 41.1 Å². The summed E-state index contributed by atoms with van der Waals surface area (Å²) in [6, 6.07) is 0. The molecular weight excluding hydrogens is 1350 g/mol. The van der Waals surface area contributed by atoms with Gasteiger partial charge in [-0.1, -0.05) is 71.4 Å². The van der Waals surface area contributed by atoms with Gasteiger partial charge in [-0.15, -0.1) is 34.0 Å². The first-order valence-corrected chi connectivity index (χ1v) is 38.4. The Balaban J connectivity index is 0.000000194. The summed E-state index contributed by atoms with van der Waals surface area (Å²) in [5, 5.41) is 22.9. The lowest BCUT2D eigenvalue weighted by Crippen LogP contribution is -2.41. The standard InChI is InChI=1S/C25H36N2O3S.C23H32N2O3S.C21H31ClO3S.C10H17BN2O2/c1-9-29-23(28)21(30-24(3,4)5)19-16(2)31-22(18-14-26-27(8)15-18)20(19)17-10-12-25(6,7)13-11-17;1-14-17(19(21(26)27)28-22(2,3)4)18(15-8-10-23(5,6)11-9-15)20(29-14)16-12-24-25(7)13-16;1-8-24-19(23)17(25-20(3,4)5)15-13(2)26-18(22)16(15)14-9-11-21(6,7)12-10-14;1-9(2)10(3,4)15-11(14-9)8-6-12-13(5)7-8/h10,14-15,21H,9,11-13H2,1-8H3;8,12-13,19H,9-11H2,1-7H3,(H,26,27);9,17H,8,10-12H2,1-7H3;6-7H,1-5H3. The molecular formula is C79H116BClN6O11S3. The van der Waals surface area contributed by atoms with Gasteiger partial charge in [-0.05, 0) is 215 Å². The minimum atomic E-state index is -0.998. The molecule has 0 radical (unpaired) electrons. The molecule has 6 aromatic rings. The predicted molar refractivity (Wildman–Crippen MR) is 414 cm³/mol. The molecule has 1 N–H and O–H groups in total. The Morgan fingerprint density at radius 3 is 1.17 bits per heavy atom. The van der Waals surface area contributed by atoms with Crippen LogP contribution in [0.3, 0.4) is 0 Å². The summed E-state index contributed by atoms with van der Waals surface area (Å²) in [5.41, 5.74) is 11.4. The van der Waals surface area contributed by atoms with Crippen molar-refractivity contribution in [2.45, 2.75) is 270 Å². The van der Waals surface area contributed by atoms with E-state index in [4.69, 9.17) is 44.6 Å². The van der Waals surface area contributed by atoms with Crippen LogP contribution in [0.15, 0.2) is 55.4 Å². The average Bonchev–Trinajstić information content (AvgIpc) is 1.65. The fourth-order valence-electron chi connectivity index (χ4n) is 12.6. The Labute approximate surface area is 620 Å². The van der Waals surface area contributed by atoms with Gasteiger partial charge >= 0.3 is 25.0 Å². The van der Waals surface area contributed by atoms with Crippen molar-refractivity contribution in [3.8, 4) is 20.9 Å². The SMILES string of the molecule is CCOC(=O)C(OC(C)(C)C)c1c(C)sc(-c2cnn(C)c2)c1C1=CCC(C)(C)CC1.CCOC(=O)C(OC(C)(C)C)c1c(C)sc(Cl)c1C1=CCC(C)(C)CC1.Cc1sc(-c2cnn(C)c2)c(C2=CCC(C)(C)CC2)c1C(OC(C)(C)C)C(=O)O.Cn1cc(B2OC(C)(C)C(C)(C)O2)cn1. The normalized spacial score (nSPS) is 18.7. The molecule has 0 amide bonds. The highest BCUT2D eigenvalue weighted by molar-refractivity contribution is 7.17. The molecule has 4 aliphatic rings. The number of rotatable bonds is 17. The van der Waals surface area contributed by atoms with Gasteiger partial charge in [0.2, 0.25) is 0 Å². The molecule has 0 spiro atoms. The highest BCUT2D eigenvalue weighted by atomic mass is 35.5. The molecule has 17 nitrogen and oxygen atoms in total. The number of halogens is 1. The lowest BCUT2D eigenvalue weighted by atomic mass is 9.76. The molecule has 0 aromatic carbocycles. The number of carboxylic acid groups (broad SMARTS) is 1. The fourth-order valence-corrected chi connectivity index (χ4v) is 16.5. The number of nitrogens with zero attached hydrogens (tertiary/aromatic N) is 6. The van der Waals surface area contributed by atoms with Crippen LogP contribution in [0.2, 0.25) is 4.34 Å². The van der Waals surface area contributed by atoms with Gasteiger partial charge in [0, 0.05) is 120 Å². The van der Waals surface area contributed by atoms with Crippen molar-refractivity contribution in [2.75, 3.05) is 13.2 Å². The first kappa shape index (κ1) is 82.8. The van der Waals surface area contributed by atoms with Gasteiger partial charge < -0.3 is 38.1 Å². The number of hydrogen-bond donors (Lipinski definition) is 1. The van der Waals surface area contributed by atoms with Crippen LogP contribution in [0.4, 0.5) is 0 Å². The summed E-state index contributed by atoms with van der Waals surface area (Å²) in [5.74, 6) is -1.62. The van der Waals surface area contributed by atoms with Crippen LogP contribution in [0.25, 0.3) is 37.6 Å². The van der Waals surface area contributed by atoms with Gasteiger partial charge in [0.25, 0.3) is 0 Å². The monoisotopic (exact) mass is 1470 g/mol. The van der Waals surface area contributed by atoms with Crippen LogP contribution in [0.1, 0.15) is 270 Å². The zero-order chi connectivity index (χ0) is 75.5. The minimum Gasteiger partial charge on any atom is -0.479 e. The number of esters is 2. The van der Waals surface area contributed by atoms with E-state index in [0.717, 1.165) is 136 Å². The lowest BCUT2D eigenvalue weighted by molar-refractivity contribution is -0.167. The molecule has 3 atom stereocenters. The van der Waals surface area contributed by atoms with Crippen LogP contribution >= 0.6 is 45.6 Å². The van der Waals surface area contributed by atoms with Crippen molar-refractivity contribution >= 4 is 92.8 Å². The van der Waals surface area contributed by atoms with Crippen molar-refractivity contribution in [1.82, 2.24) is 29.3 Å². The molecule has 10 rings (SSSR count). The number of allylic oxidation sites excluding steroid dienone is 6. The summed E-state index contributed by atoms with van der Waals surface area (Å²) in [4.78, 5) is 43.4. The van der Waals surface area contributed by atoms with Gasteiger partial charge in [-0.2, -0.15) is 15.3 Å². The number of ether oxygens (including phenoxy) is 5. The first-order valence-electron chi connectivity index (χ1n) is 35.6. The zero-order valence-electron chi connectivity index (χ0n) is 65.6. The van der Waals surface area contributed by atoms with Gasteiger partial charge in [-0.25, -0.2) is 14.4 Å². The van der Waals surface area contributed by atoms with E-state index in [1.54, 1.807) is 38.2 Å². The number of carbonyl (C=O) groups is 3. The number of aromatic nitrogens is 6. The van der Waals surface area contributed by atoms with Crippen molar-refractivity contribution in [2.24, 2.45) is 37.4 Å². The summed E-state index contributed by atoms with van der Waals surface area (Å²) in [6.45, 7) is 49.8. The molecule has 22 heteroatoms. The van der Waals surface area contributed by atoms with Crippen LogP contribution < -0.4 is 5.46 Å². The molecule has 1 fully saturated rings. The Hall–Kier alpha value is -5.49. The Kier molecular flexibility index (Phi) is 26.6. The summed E-state index contributed by atoms with van der Waals surface area (Å²) >= 11 is 11.5. The van der Waals surface area contributed by atoms with Crippen molar-refractivity contribution < 1.29 is 52.5 Å². The summed E-state index contributed by atoms with van der Waals surface area (Å²) < 4.78 is 47.2. The van der Waals surface area contributed by atoms with Crippen molar-refractivity contribution in [3.05, 3.63) is 108 Å². The topological polar surface area (TPSA) is 190 Å². The molecule has 1 aliphatic heterocycles. The average molecular weight is 1470 g/mol. The van der Waals surface area contributed by atoms with Crippen LogP contribution in [-0.4, -0.2) is 101 Å². The Morgan fingerprint density at radius 1 is 0.535 bits per heavy atom. The van der Waals surface area contributed by atoms with Gasteiger partial charge in [-0.3, -0.25) is 14.0 Å². The van der Waals surface area contributed by atoms with E-state index in [1.165, 1.54) is 28.1 Å². The maximum atomic E-state index is 13.1. The minimum absolute atomic E-state index is 0.275. The van der Waals surface area contributed by atoms with Crippen molar-refractivity contribution in [3.63, 3.8) is 0 Å². The quantitative estimate of drug-likeness (QED) is 0.0670. The van der Waals surface area contributed by atoms with E-state index >= 15 is 0 Å². The second kappa shape index (κ2) is 32.5. The van der Waals surface area contributed by atoms with Crippen molar-refractivity contribution in [1.29, 1.82) is 0 Å². The van der Waals surface area contributed by atoms with Crippen LogP contribution in [0, 0.1) is 37.0 Å². The zero-order valence-corrected chi connectivity index (χ0v) is 68.8. The number of carboxylic acids is 1. The smallest absolute Gasteiger partial charge is 0.479 e. The first-order chi connectivity index (χ1) is 46.6. The van der Waals surface area contributed by atoms with E-state index in [1.807, 2.05) is 175 Å². The van der Waals surface area contributed by atoms with E-state index in [2.05, 4.69) is 82.0 Å². The lowest BCUT2D eigenvalue weighted by Gasteiger charge is -2.32. The molecule has 6 aromatic heterocycles. The molecule has 0 saturated carbocycles. The predicted octanol–water partition coefficient (Wildman–Crippen LogP) is 19.9. The maximum absolute atomic E-state index is 13.1. The number of aryl methyl sites for hydroxylation is 6. The number of thiophene rings is 3. The molecule has 101 heavy (non-hydrogen) atoms. The number of hydrogen-bond acceptors (Lipinski definition) is 16. The van der Waals surface area contributed by atoms with E-state index in [9.17, 15) is 19.5 Å². The number of aliphatic carboxylic acids is 1. The second-order valence-electron chi connectivity index (χ2n) is 33.6. The molecule has 0 bridgehead atoms. The Morgan fingerprint density at radius 2 is 0.861 bits per heavy atom. The van der Waals surface area contributed by atoms with Gasteiger partial charge in [0.05, 0.1) is 53.6 Å². The molecule has 3 aliphatic carbocycles. The third-order valence-corrected chi connectivity index (χ3v) is 22.5. The second-order valence-corrected chi connectivity index (χ2v) is 37.9. The van der Waals surface area contributed by atoms with E-state index in [-0.39, 0.29) is 35.7 Å². The summed E-state index contributed by atoms with van der Waals surface area (Å²) in [7, 11) is 5.41. The number of carbonyl (C=O) groups excluding carboxylic acids is 2. The van der Waals surface area contributed by atoms with Gasteiger partial charge in [0.1, 0.15) is 4.34 Å².